The summed E-state index contributed by atoms with van der Waals surface area (Å²) in [6.45, 7) is 7.90. The number of carboxylic acids is 1. The summed E-state index contributed by atoms with van der Waals surface area (Å²) in [5, 5.41) is 34.9. The number of aliphatic carboxylic acids is 1. The molecule has 0 saturated carbocycles. The fourth-order valence-corrected chi connectivity index (χ4v) is 6.67. The van der Waals surface area contributed by atoms with Crippen molar-refractivity contribution in [1.82, 2.24) is 31.9 Å². The summed E-state index contributed by atoms with van der Waals surface area (Å²) in [7, 11) is 0. The number of primary amides is 1. The average Bonchev–Trinajstić information content (AvgIpc) is 3.20. The fourth-order valence-electron chi connectivity index (χ4n) is 6.67. The molecule has 7 amide bonds. The highest BCUT2D eigenvalue weighted by Crippen LogP contribution is 2.30. The maximum Gasteiger partial charge on any atom is 0.305 e. The van der Waals surface area contributed by atoms with Crippen molar-refractivity contribution in [1.29, 1.82) is 0 Å². The number of rotatable bonds is 21. The van der Waals surface area contributed by atoms with Crippen molar-refractivity contribution < 1.29 is 48.6 Å². The average molecular weight is 823 g/mol. The van der Waals surface area contributed by atoms with Gasteiger partial charge in [-0.25, -0.2) is 0 Å². The highest BCUT2D eigenvalue weighted by molar-refractivity contribution is 5.99. The van der Waals surface area contributed by atoms with Gasteiger partial charge in [0.1, 0.15) is 35.5 Å². The van der Waals surface area contributed by atoms with E-state index in [0.717, 1.165) is 11.1 Å². The maximum atomic E-state index is 14.4. The molecule has 0 aliphatic heterocycles. The van der Waals surface area contributed by atoms with E-state index < -0.39 is 108 Å². The minimum atomic E-state index is -1.72. The first kappa shape index (κ1) is 47.3. The lowest BCUT2D eigenvalue weighted by molar-refractivity contribution is -0.143. The number of carboxylic acid groups (broad SMARTS) is 1. The molecule has 12 N–H and O–H groups in total. The van der Waals surface area contributed by atoms with E-state index in [-0.39, 0.29) is 25.0 Å². The number of phenols is 1. The molecule has 0 bridgehead atoms. The molecule has 322 valence electrons. The summed E-state index contributed by atoms with van der Waals surface area (Å²) >= 11 is 0. The minimum absolute atomic E-state index is 0.0318. The molecule has 1 aliphatic rings. The van der Waals surface area contributed by atoms with Gasteiger partial charge in [0.2, 0.25) is 41.4 Å². The normalized spacial score (nSPS) is 18.1. The summed E-state index contributed by atoms with van der Waals surface area (Å²) in [5.41, 5.74) is 11.9. The molecule has 0 saturated heterocycles. The topological polar surface area (TPSA) is 301 Å². The zero-order valence-electron chi connectivity index (χ0n) is 34.1. The monoisotopic (exact) mass is 822 g/mol. The van der Waals surface area contributed by atoms with E-state index in [9.17, 15) is 48.6 Å². The van der Waals surface area contributed by atoms with Crippen molar-refractivity contribution in [2.45, 2.75) is 115 Å². The lowest BCUT2D eigenvalue weighted by Crippen LogP contribution is -2.67. The molecule has 1 aliphatic carbocycles. The van der Waals surface area contributed by atoms with Gasteiger partial charge in [0.25, 0.3) is 0 Å². The number of phenolic OH excluding ortho intramolecular Hbond substituents is 1. The number of carbonyl (C=O) groups excluding carboxylic acids is 7. The van der Waals surface area contributed by atoms with Gasteiger partial charge in [-0.1, -0.05) is 76.9 Å². The second-order valence-electron chi connectivity index (χ2n) is 15.3. The summed E-state index contributed by atoms with van der Waals surface area (Å²) in [6, 6.07) is 7.06. The van der Waals surface area contributed by atoms with Crippen LogP contribution >= 0.6 is 0 Å². The largest absolute Gasteiger partial charge is 0.508 e. The molecule has 0 fully saturated rings. The van der Waals surface area contributed by atoms with Crippen LogP contribution in [0.5, 0.6) is 5.75 Å². The predicted molar refractivity (Wildman–Crippen MR) is 216 cm³/mol. The summed E-state index contributed by atoms with van der Waals surface area (Å²) in [4.78, 5) is 105. The Kier molecular flexibility index (Phi) is 17.4. The standard InChI is InChI=1S/C41H58N8O10/c1-6-22(3)33(38(57)44-21-31(43)51)48-39(58)34(23(4)7-2)47-37(56)30(19-32(52)53)46-40(59)41(17-16-26-10-8-9-11-27(26)20-41)49-35(54)24(5)45-36(55)29(42)18-25-12-14-28(50)15-13-25/h8-15,22-24,29-30,33-34,50H,6-7,16-21,42H2,1-5H3,(H2,43,51)(H,44,57)(H,45,55)(H,46,59)(H,47,56)(H,48,58)(H,49,54)(H,52,53)/t22?,23?,24-,29-,30-,33-,34-,41-/m0/s1. The number of nitrogens with one attached hydrogen (secondary N) is 6. The molecule has 2 unspecified atom stereocenters. The van der Waals surface area contributed by atoms with E-state index in [4.69, 9.17) is 11.5 Å². The first-order valence-electron chi connectivity index (χ1n) is 19.7. The zero-order valence-corrected chi connectivity index (χ0v) is 34.1. The molecular formula is C41H58N8O10. The zero-order chi connectivity index (χ0) is 44.0. The predicted octanol–water partition coefficient (Wildman–Crippen LogP) is -0.567. The van der Waals surface area contributed by atoms with Crippen LogP contribution in [-0.2, 0) is 57.6 Å². The molecule has 2 aromatic carbocycles. The van der Waals surface area contributed by atoms with Crippen LogP contribution in [0.4, 0.5) is 0 Å². The van der Waals surface area contributed by atoms with Crippen LogP contribution in [0.3, 0.4) is 0 Å². The van der Waals surface area contributed by atoms with Gasteiger partial charge in [-0.05, 0) is 66.8 Å². The van der Waals surface area contributed by atoms with Crippen molar-refractivity contribution in [3.05, 3.63) is 65.2 Å². The highest BCUT2D eigenvalue weighted by atomic mass is 16.4. The number of amides is 7. The van der Waals surface area contributed by atoms with Crippen LogP contribution in [0, 0.1) is 11.8 Å². The van der Waals surface area contributed by atoms with Crippen molar-refractivity contribution in [2.75, 3.05) is 6.54 Å². The summed E-state index contributed by atoms with van der Waals surface area (Å²) in [6.07, 6.45) is 0.418. The lowest BCUT2D eigenvalue weighted by Gasteiger charge is -2.39. The first-order chi connectivity index (χ1) is 27.8. The number of aromatic hydroxyl groups is 1. The smallest absolute Gasteiger partial charge is 0.305 e. The second-order valence-corrected chi connectivity index (χ2v) is 15.3. The molecule has 59 heavy (non-hydrogen) atoms. The molecule has 2 aromatic rings. The van der Waals surface area contributed by atoms with Crippen LogP contribution < -0.4 is 43.4 Å². The Balaban J connectivity index is 1.86. The number of nitrogens with two attached hydrogens (primary N) is 2. The molecule has 0 radical (unpaired) electrons. The Morgan fingerprint density at radius 1 is 0.746 bits per heavy atom. The molecule has 0 heterocycles. The van der Waals surface area contributed by atoms with Gasteiger partial charge in [0.15, 0.2) is 0 Å². The lowest BCUT2D eigenvalue weighted by atomic mass is 9.77. The van der Waals surface area contributed by atoms with Gasteiger partial charge < -0.3 is 53.6 Å². The van der Waals surface area contributed by atoms with Gasteiger partial charge in [0.05, 0.1) is 19.0 Å². The van der Waals surface area contributed by atoms with E-state index in [1.54, 1.807) is 52.0 Å². The number of carbonyl (C=O) groups is 8. The number of benzene rings is 2. The Morgan fingerprint density at radius 2 is 1.32 bits per heavy atom. The van der Waals surface area contributed by atoms with Crippen molar-refractivity contribution >= 4 is 47.3 Å². The molecule has 3 rings (SSSR count). The van der Waals surface area contributed by atoms with Crippen molar-refractivity contribution in [3.8, 4) is 5.75 Å². The van der Waals surface area contributed by atoms with Crippen LogP contribution in [0.1, 0.15) is 77.0 Å². The van der Waals surface area contributed by atoms with Crippen LogP contribution in [0.2, 0.25) is 0 Å². The van der Waals surface area contributed by atoms with Gasteiger partial charge in [0, 0.05) is 6.42 Å². The van der Waals surface area contributed by atoms with Crippen LogP contribution in [0.25, 0.3) is 0 Å². The fraction of sp³-hybridized carbons (Fsp3) is 0.512. The molecule has 0 spiro atoms. The number of aryl methyl sites for hydroxylation is 1. The van der Waals surface area contributed by atoms with E-state index in [1.807, 2.05) is 12.1 Å². The SMILES string of the molecule is CCC(C)[C@H](NC(=O)[C@H](CC(=O)O)NC(=O)[C@]1(NC(=O)[C@H](C)NC(=O)[C@@H](N)Cc2ccc(O)cc2)CCc2ccccc2C1)C(=O)N[C@H](C(=O)NCC(N)=O)C(C)CC. The van der Waals surface area contributed by atoms with Crippen LogP contribution in [-0.4, -0.2) is 99.8 Å². The van der Waals surface area contributed by atoms with E-state index in [0.29, 0.717) is 24.8 Å². The molecule has 18 nitrogen and oxygen atoms in total. The molecular weight excluding hydrogens is 764 g/mol. The Bertz CT molecular complexity index is 1860. The highest BCUT2D eigenvalue weighted by Gasteiger charge is 2.45. The number of hydrogen-bond acceptors (Lipinski definition) is 10. The third kappa shape index (κ3) is 13.5. The number of hydrogen-bond donors (Lipinski definition) is 10. The number of fused-ring (bicyclic) bond motifs is 1. The molecule has 8 atom stereocenters. The van der Waals surface area contributed by atoms with Gasteiger partial charge in [-0.3, -0.25) is 38.4 Å². The summed E-state index contributed by atoms with van der Waals surface area (Å²) in [5.74, 6) is -7.77. The Morgan fingerprint density at radius 3 is 1.90 bits per heavy atom. The minimum Gasteiger partial charge on any atom is -0.508 e. The van der Waals surface area contributed by atoms with Gasteiger partial charge in [-0.2, -0.15) is 0 Å². The molecule has 18 heteroatoms. The van der Waals surface area contributed by atoms with Crippen LogP contribution in [0.15, 0.2) is 48.5 Å². The Hall–Kier alpha value is -6.04. The summed E-state index contributed by atoms with van der Waals surface area (Å²) < 4.78 is 0. The van der Waals surface area contributed by atoms with Gasteiger partial charge >= 0.3 is 5.97 Å². The van der Waals surface area contributed by atoms with E-state index in [1.165, 1.54) is 19.1 Å². The van der Waals surface area contributed by atoms with Crippen molar-refractivity contribution in [3.63, 3.8) is 0 Å². The maximum absolute atomic E-state index is 14.4. The first-order valence-corrected chi connectivity index (χ1v) is 19.7. The van der Waals surface area contributed by atoms with E-state index in [2.05, 4.69) is 31.9 Å². The third-order valence-corrected chi connectivity index (χ3v) is 10.7. The quantitative estimate of drug-likeness (QED) is 0.0761. The Labute approximate surface area is 343 Å². The van der Waals surface area contributed by atoms with Crippen molar-refractivity contribution in [2.24, 2.45) is 23.3 Å². The second kappa shape index (κ2) is 21.6. The molecule has 0 aromatic heterocycles. The van der Waals surface area contributed by atoms with E-state index >= 15 is 0 Å². The third-order valence-electron chi connectivity index (χ3n) is 10.7. The van der Waals surface area contributed by atoms with Gasteiger partial charge in [-0.15, -0.1) is 0 Å².